The maximum Gasteiger partial charge on any atom is 0.293 e. The summed E-state index contributed by atoms with van der Waals surface area (Å²) in [5, 5.41) is 0. The van der Waals surface area contributed by atoms with E-state index >= 15 is 0 Å². The van der Waals surface area contributed by atoms with E-state index in [1.54, 1.807) is 24.0 Å². The van der Waals surface area contributed by atoms with E-state index < -0.39 is 0 Å². The summed E-state index contributed by atoms with van der Waals surface area (Å²) < 4.78 is 1.58. The van der Waals surface area contributed by atoms with Crippen molar-refractivity contribution in [3.8, 4) is 0 Å². The van der Waals surface area contributed by atoms with Gasteiger partial charge in [-0.05, 0) is 18.8 Å². The fourth-order valence-corrected chi connectivity index (χ4v) is 2.80. The third-order valence-corrected chi connectivity index (χ3v) is 4.24. The van der Waals surface area contributed by atoms with Crippen LogP contribution >= 0.6 is 15.9 Å². The second-order valence-corrected chi connectivity index (χ2v) is 6.11. The van der Waals surface area contributed by atoms with Crippen molar-refractivity contribution in [3.63, 3.8) is 0 Å². The lowest BCUT2D eigenvalue weighted by molar-refractivity contribution is 0.404. The van der Waals surface area contributed by atoms with Crippen molar-refractivity contribution in [2.75, 3.05) is 18.0 Å². The van der Waals surface area contributed by atoms with Crippen LogP contribution in [0.15, 0.2) is 17.2 Å². The predicted molar refractivity (Wildman–Crippen MR) is 72.8 cm³/mol. The number of aryl methyl sites for hydroxylation is 1. The highest BCUT2D eigenvalue weighted by atomic mass is 79.9. The second kappa shape index (κ2) is 5.21. The molecule has 1 saturated heterocycles. The lowest BCUT2D eigenvalue weighted by Gasteiger charge is -2.33. The van der Waals surface area contributed by atoms with Gasteiger partial charge in [0, 0.05) is 37.4 Å². The molecule has 0 bridgehead atoms. The van der Waals surface area contributed by atoms with Gasteiger partial charge in [-0.15, -0.1) is 0 Å². The van der Waals surface area contributed by atoms with E-state index in [4.69, 9.17) is 0 Å². The van der Waals surface area contributed by atoms with Gasteiger partial charge in [-0.2, -0.15) is 0 Å². The molecular formula is C12H18BrN3O. The van der Waals surface area contributed by atoms with E-state index in [9.17, 15) is 4.79 Å². The van der Waals surface area contributed by atoms with Gasteiger partial charge in [-0.1, -0.05) is 22.9 Å². The molecule has 1 aliphatic heterocycles. The third kappa shape index (κ3) is 2.70. The van der Waals surface area contributed by atoms with E-state index in [1.165, 1.54) is 0 Å². The minimum atomic E-state index is -0.00200. The zero-order valence-corrected chi connectivity index (χ0v) is 11.9. The second-order valence-electron chi connectivity index (χ2n) is 4.67. The number of hydrogen-bond acceptors (Lipinski definition) is 3. The molecular weight excluding hydrogens is 282 g/mol. The lowest BCUT2D eigenvalue weighted by Crippen LogP contribution is -2.40. The van der Waals surface area contributed by atoms with Gasteiger partial charge in [-0.3, -0.25) is 4.79 Å². The van der Waals surface area contributed by atoms with Crippen LogP contribution in [0.3, 0.4) is 0 Å². The topological polar surface area (TPSA) is 38.1 Å². The highest BCUT2D eigenvalue weighted by Crippen LogP contribution is 2.26. The Morgan fingerprint density at radius 2 is 2.12 bits per heavy atom. The molecule has 2 rings (SSSR count). The molecule has 94 valence electrons. The molecule has 0 saturated carbocycles. The maximum atomic E-state index is 11.9. The minimum absolute atomic E-state index is 0.00200. The Hall–Kier alpha value is -0.840. The Balaban J connectivity index is 2.11. The number of anilines is 1. The molecule has 1 unspecified atom stereocenters. The molecule has 0 aliphatic carbocycles. The molecule has 2 heterocycles. The number of nitrogens with zero attached hydrogens (tertiary/aromatic N) is 3. The van der Waals surface area contributed by atoms with Gasteiger partial charge in [0.05, 0.1) is 0 Å². The van der Waals surface area contributed by atoms with Crippen LogP contribution in [0, 0.1) is 5.92 Å². The van der Waals surface area contributed by atoms with Crippen molar-refractivity contribution in [2.24, 2.45) is 13.0 Å². The van der Waals surface area contributed by atoms with Crippen LogP contribution in [-0.4, -0.2) is 27.5 Å². The monoisotopic (exact) mass is 299 g/mol. The van der Waals surface area contributed by atoms with E-state index in [0.29, 0.717) is 16.6 Å². The Kier molecular flexibility index (Phi) is 3.86. The summed E-state index contributed by atoms with van der Waals surface area (Å²) in [5.74, 6) is 1.30. The van der Waals surface area contributed by atoms with E-state index in [-0.39, 0.29) is 5.56 Å². The van der Waals surface area contributed by atoms with E-state index in [2.05, 4.69) is 32.7 Å². The minimum Gasteiger partial charge on any atom is -0.352 e. The number of halogens is 1. The summed E-state index contributed by atoms with van der Waals surface area (Å²) in [5.41, 5.74) is -0.00200. The fourth-order valence-electron chi connectivity index (χ4n) is 2.27. The maximum absolute atomic E-state index is 11.9. The molecule has 1 aliphatic rings. The number of hydrogen-bond donors (Lipinski definition) is 0. The number of alkyl halides is 1. The van der Waals surface area contributed by atoms with Crippen molar-refractivity contribution in [1.29, 1.82) is 0 Å². The predicted octanol–water partition coefficient (Wildman–Crippen LogP) is 1.78. The van der Waals surface area contributed by atoms with Gasteiger partial charge < -0.3 is 9.47 Å². The van der Waals surface area contributed by atoms with Gasteiger partial charge in [-0.25, -0.2) is 4.98 Å². The molecule has 1 aromatic heterocycles. The van der Waals surface area contributed by atoms with Crippen LogP contribution in [0.25, 0.3) is 0 Å². The number of rotatable bonds is 2. The molecule has 1 fully saturated rings. The summed E-state index contributed by atoms with van der Waals surface area (Å²) in [6.45, 7) is 4.04. The molecule has 17 heavy (non-hydrogen) atoms. The average Bonchev–Trinajstić information content (AvgIpc) is 2.33. The molecule has 5 heteroatoms. The van der Waals surface area contributed by atoms with Crippen LogP contribution in [-0.2, 0) is 7.05 Å². The van der Waals surface area contributed by atoms with Crippen molar-refractivity contribution in [3.05, 3.63) is 22.7 Å². The molecule has 0 radical (unpaired) electrons. The molecule has 4 nitrogen and oxygen atoms in total. The first-order valence-corrected chi connectivity index (χ1v) is 6.92. The van der Waals surface area contributed by atoms with Crippen LogP contribution in [0.1, 0.15) is 19.8 Å². The Morgan fingerprint density at radius 3 is 2.71 bits per heavy atom. The summed E-state index contributed by atoms with van der Waals surface area (Å²) >= 11 is 3.64. The van der Waals surface area contributed by atoms with Gasteiger partial charge in [0.15, 0.2) is 5.82 Å². The summed E-state index contributed by atoms with van der Waals surface area (Å²) in [6.07, 6.45) is 5.62. The average molecular weight is 300 g/mol. The summed E-state index contributed by atoms with van der Waals surface area (Å²) in [7, 11) is 1.76. The van der Waals surface area contributed by atoms with E-state index in [0.717, 1.165) is 25.9 Å². The normalized spacial score (nSPS) is 19.4. The Labute approximate surface area is 110 Å². The van der Waals surface area contributed by atoms with Crippen LogP contribution in [0.5, 0.6) is 0 Å². The molecule has 0 N–H and O–H groups in total. The Bertz CT molecular complexity index is 436. The van der Waals surface area contributed by atoms with E-state index in [1.807, 2.05) is 0 Å². The van der Waals surface area contributed by atoms with Crippen molar-refractivity contribution in [2.45, 2.75) is 24.6 Å². The molecule has 0 aromatic carbocycles. The first kappa shape index (κ1) is 12.6. The first-order valence-electron chi connectivity index (χ1n) is 6.00. The SMILES string of the molecule is CC(Br)C1CCN(c2nccn(C)c2=O)CC1. The van der Waals surface area contributed by atoms with Gasteiger partial charge >= 0.3 is 0 Å². The summed E-state index contributed by atoms with van der Waals surface area (Å²) in [4.78, 5) is 18.8. The van der Waals surface area contributed by atoms with Gasteiger partial charge in [0.25, 0.3) is 5.56 Å². The summed E-state index contributed by atoms with van der Waals surface area (Å²) in [6, 6.07) is 0. The van der Waals surface area contributed by atoms with Crippen molar-refractivity contribution in [1.82, 2.24) is 9.55 Å². The molecule has 1 aromatic rings. The van der Waals surface area contributed by atoms with Crippen molar-refractivity contribution >= 4 is 21.7 Å². The largest absolute Gasteiger partial charge is 0.352 e. The van der Waals surface area contributed by atoms with Gasteiger partial charge in [0.2, 0.25) is 0 Å². The van der Waals surface area contributed by atoms with Crippen molar-refractivity contribution < 1.29 is 0 Å². The van der Waals surface area contributed by atoms with Crippen LogP contribution in [0.4, 0.5) is 5.82 Å². The highest BCUT2D eigenvalue weighted by molar-refractivity contribution is 9.09. The molecule has 0 spiro atoms. The standard InChI is InChI=1S/C12H18BrN3O/c1-9(13)10-3-6-16(7-4-10)11-12(17)15(2)8-5-14-11/h5,8-10H,3-4,6-7H2,1-2H3. The van der Waals surface area contributed by atoms with Crippen LogP contribution in [0.2, 0.25) is 0 Å². The third-order valence-electron chi connectivity index (χ3n) is 3.49. The highest BCUT2D eigenvalue weighted by Gasteiger charge is 2.24. The molecule has 0 amide bonds. The fraction of sp³-hybridized carbons (Fsp3) is 0.667. The zero-order valence-electron chi connectivity index (χ0n) is 10.3. The Morgan fingerprint density at radius 1 is 1.47 bits per heavy atom. The lowest BCUT2D eigenvalue weighted by atomic mass is 9.94. The smallest absolute Gasteiger partial charge is 0.293 e. The van der Waals surface area contributed by atoms with Crippen LogP contribution < -0.4 is 10.5 Å². The quantitative estimate of drug-likeness (QED) is 0.782. The number of piperidine rings is 1. The molecule has 1 atom stereocenters. The van der Waals surface area contributed by atoms with Gasteiger partial charge in [0.1, 0.15) is 0 Å². The zero-order chi connectivity index (χ0) is 12.4. The number of aromatic nitrogens is 2. The first-order chi connectivity index (χ1) is 8.09.